The second-order valence-corrected chi connectivity index (χ2v) is 6.82. The molecule has 0 aromatic rings. The summed E-state index contributed by atoms with van der Waals surface area (Å²) in [5.41, 5.74) is 0. The maximum absolute atomic E-state index is 12.0. The molecule has 0 bridgehead atoms. The van der Waals surface area contributed by atoms with Crippen LogP contribution >= 0.6 is 11.8 Å². The molecule has 1 heterocycles. The second kappa shape index (κ2) is 6.06. The van der Waals surface area contributed by atoms with Gasteiger partial charge >= 0.3 is 0 Å². The Morgan fingerprint density at radius 3 is 2.61 bits per heavy atom. The van der Waals surface area contributed by atoms with Crippen LogP contribution in [0.5, 0.6) is 0 Å². The molecule has 1 atom stereocenters. The first-order valence-corrected chi connectivity index (χ1v) is 7.55. The van der Waals surface area contributed by atoms with Gasteiger partial charge in [-0.2, -0.15) is 0 Å². The minimum atomic E-state index is 0.0960. The Morgan fingerprint density at radius 1 is 1.39 bits per heavy atom. The van der Waals surface area contributed by atoms with Crippen molar-refractivity contribution in [2.75, 3.05) is 13.2 Å². The van der Waals surface area contributed by atoms with Gasteiger partial charge in [-0.1, -0.05) is 11.8 Å². The Hall–Kier alpha value is -0.550. The highest BCUT2D eigenvalue weighted by molar-refractivity contribution is 8.14. The van der Waals surface area contributed by atoms with E-state index in [9.17, 15) is 9.59 Å². The zero-order chi connectivity index (χ0) is 13.1. The number of aliphatic hydroxyl groups excluding tert-OH is 1. The van der Waals surface area contributed by atoms with E-state index in [1.165, 1.54) is 11.8 Å². The van der Waals surface area contributed by atoms with E-state index in [-0.39, 0.29) is 22.9 Å². The molecule has 1 N–H and O–H groups in total. The van der Waals surface area contributed by atoms with Gasteiger partial charge in [-0.15, -0.1) is 0 Å². The number of likely N-dealkylation sites (tertiary alicyclic amines) is 1. The molecule has 1 aliphatic heterocycles. The molecule has 2 fully saturated rings. The van der Waals surface area contributed by atoms with Crippen molar-refractivity contribution in [2.45, 2.75) is 50.3 Å². The summed E-state index contributed by atoms with van der Waals surface area (Å²) >= 11 is 1.30. The van der Waals surface area contributed by atoms with Gasteiger partial charge in [-0.3, -0.25) is 9.59 Å². The number of carbonyl (C=O) groups excluding carboxylic acids is 2. The predicted molar refractivity (Wildman–Crippen MR) is 71.2 cm³/mol. The number of thioether (sulfide) groups is 1. The van der Waals surface area contributed by atoms with E-state index >= 15 is 0 Å². The van der Waals surface area contributed by atoms with Crippen molar-refractivity contribution >= 4 is 22.8 Å². The van der Waals surface area contributed by atoms with Gasteiger partial charge in [0.1, 0.15) is 0 Å². The summed E-state index contributed by atoms with van der Waals surface area (Å²) in [6.45, 7) is 2.55. The largest absolute Gasteiger partial charge is 0.396 e. The Balaban J connectivity index is 1.86. The second-order valence-electron chi connectivity index (χ2n) is 5.34. The van der Waals surface area contributed by atoms with Crippen LogP contribution < -0.4 is 0 Å². The van der Waals surface area contributed by atoms with Crippen molar-refractivity contribution in [2.24, 2.45) is 5.92 Å². The van der Waals surface area contributed by atoms with Gasteiger partial charge in [-0.25, -0.2) is 0 Å². The van der Waals surface area contributed by atoms with Crippen LogP contribution in [0.25, 0.3) is 0 Å². The van der Waals surface area contributed by atoms with Gasteiger partial charge in [0.2, 0.25) is 5.91 Å². The van der Waals surface area contributed by atoms with E-state index in [4.69, 9.17) is 5.11 Å². The SMILES string of the molecule is CC(=O)SC1CC(=O)N(C2CCC(CO)CC2)C1. The molecule has 2 aliphatic rings. The molecular weight excluding hydrogens is 250 g/mol. The average molecular weight is 271 g/mol. The Bertz CT molecular complexity index is 326. The van der Waals surface area contributed by atoms with Crippen molar-refractivity contribution in [3.8, 4) is 0 Å². The number of rotatable bonds is 3. The summed E-state index contributed by atoms with van der Waals surface area (Å²) in [6.07, 6.45) is 4.51. The van der Waals surface area contributed by atoms with Crippen LogP contribution in [-0.2, 0) is 9.59 Å². The Kier molecular flexibility index (Phi) is 4.67. The number of carbonyl (C=O) groups is 2. The van der Waals surface area contributed by atoms with Crippen molar-refractivity contribution < 1.29 is 14.7 Å². The first-order chi connectivity index (χ1) is 8.60. The fourth-order valence-electron chi connectivity index (χ4n) is 3.00. The highest BCUT2D eigenvalue weighted by Crippen LogP contribution is 2.32. The minimum Gasteiger partial charge on any atom is -0.396 e. The normalized spacial score (nSPS) is 32.9. The first kappa shape index (κ1) is 13.9. The summed E-state index contributed by atoms with van der Waals surface area (Å²) < 4.78 is 0. The fraction of sp³-hybridized carbons (Fsp3) is 0.846. The van der Waals surface area contributed by atoms with Crippen LogP contribution in [0.3, 0.4) is 0 Å². The molecule has 0 radical (unpaired) electrons. The molecule has 1 saturated heterocycles. The molecule has 2 rings (SSSR count). The number of aliphatic hydroxyl groups is 1. The summed E-state index contributed by atoms with van der Waals surface area (Å²) in [7, 11) is 0. The fourth-order valence-corrected chi connectivity index (χ4v) is 3.93. The molecule has 1 amide bonds. The van der Waals surface area contributed by atoms with Gasteiger partial charge in [0.15, 0.2) is 5.12 Å². The Morgan fingerprint density at radius 2 is 2.06 bits per heavy atom. The highest BCUT2D eigenvalue weighted by atomic mass is 32.2. The van der Waals surface area contributed by atoms with E-state index in [1.54, 1.807) is 6.92 Å². The molecule has 0 spiro atoms. The molecule has 102 valence electrons. The number of hydrogen-bond acceptors (Lipinski definition) is 4. The summed E-state index contributed by atoms with van der Waals surface area (Å²) in [5, 5.41) is 9.35. The van der Waals surface area contributed by atoms with Gasteiger partial charge in [0.05, 0.1) is 0 Å². The zero-order valence-electron chi connectivity index (χ0n) is 10.8. The molecule has 0 aromatic carbocycles. The molecule has 1 unspecified atom stereocenters. The quantitative estimate of drug-likeness (QED) is 0.843. The molecule has 4 nitrogen and oxygen atoms in total. The molecular formula is C13H21NO3S. The molecule has 1 saturated carbocycles. The van der Waals surface area contributed by atoms with Gasteiger partial charge in [0, 0.05) is 37.8 Å². The lowest BCUT2D eigenvalue weighted by Gasteiger charge is -2.34. The predicted octanol–water partition coefficient (Wildman–Crippen LogP) is 1.42. The third-order valence-corrected chi connectivity index (χ3v) is 4.95. The van der Waals surface area contributed by atoms with Crippen LogP contribution in [0.2, 0.25) is 0 Å². The third-order valence-electron chi connectivity index (χ3n) is 3.97. The maximum atomic E-state index is 12.0. The minimum absolute atomic E-state index is 0.0960. The van der Waals surface area contributed by atoms with Crippen LogP contribution in [0.1, 0.15) is 39.0 Å². The summed E-state index contributed by atoms with van der Waals surface area (Å²) in [6, 6.07) is 0.331. The third kappa shape index (κ3) is 3.26. The highest BCUT2D eigenvalue weighted by Gasteiger charge is 2.36. The lowest BCUT2D eigenvalue weighted by molar-refractivity contribution is -0.130. The van der Waals surface area contributed by atoms with Crippen molar-refractivity contribution in [3.63, 3.8) is 0 Å². The molecule has 0 aromatic heterocycles. The maximum Gasteiger partial charge on any atom is 0.224 e. The Labute approximate surface area is 112 Å². The van der Waals surface area contributed by atoms with Crippen LogP contribution in [0.15, 0.2) is 0 Å². The van der Waals surface area contributed by atoms with E-state index in [0.717, 1.165) is 32.2 Å². The lowest BCUT2D eigenvalue weighted by atomic mass is 9.86. The molecule has 1 aliphatic carbocycles. The molecule has 18 heavy (non-hydrogen) atoms. The monoisotopic (exact) mass is 271 g/mol. The van der Waals surface area contributed by atoms with E-state index in [1.807, 2.05) is 4.90 Å². The topological polar surface area (TPSA) is 57.6 Å². The van der Waals surface area contributed by atoms with Crippen molar-refractivity contribution in [3.05, 3.63) is 0 Å². The van der Waals surface area contributed by atoms with Crippen molar-refractivity contribution in [1.29, 1.82) is 0 Å². The number of amides is 1. The van der Waals surface area contributed by atoms with Crippen LogP contribution in [-0.4, -0.2) is 45.5 Å². The van der Waals surface area contributed by atoms with Gasteiger partial charge in [0.25, 0.3) is 0 Å². The average Bonchev–Trinajstić information content (AvgIpc) is 2.69. The lowest BCUT2D eigenvalue weighted by Crippen LogP contribution is -2.39. The van der Waals surface area contributed by atoms with E-state index in [2.05, 4.69) is 0 Å². The van der Waals surface area contributed by atoms with Gasteiger partial charge < -0.3 is 10.0 Å². The molecule has 5 heteroatoms. The number of hydrogen-bond donors (Lipinski definition) is 1. The van der Waals surface area contributed by atoms with Crippen LogP contribution in [0, 0.1) is 5.92 Å². The van der Waals surface area contributed by atoms with Crippen LogP contribution in [0.4, 0.5) is 0 Å². The van der Waals surface area contributed by atoms with E-state index in [0.29, 0.717) is 18.4 Å². The first-order valence-electron chi connectivity index (χ1n) is 6.67. The standard InChI is InChI=1S/C13H21NO3S/c1-9(16)18-12-6-13(17)14(7-12)11-4-2-10(8-15)3-5-11/h10-12,15H,2-8H2,1H3. The van der Waals surface area contributed by atoms with Gasteiger partial charge in [-0.05, 0) is 31.6 Å². The smallest absolute Gasteiger partial charge is 0.224 e. The number of nitrogens with zero attached hydrogens (tertiary/aromatic N) is 1. The summed E-state index contributed by atoms with van der Waals surface area (Å²) in [5.74, 6) is 0.613. The summed E-state index contributed by atoms with van der Waals surface area (Å²) in [4.78, 5) is 25.0. The van der Waals surface area contributed by atoms with Crippen molar-refractivity contribution in [1.82, 2.24) is 4.90 Å². The van der Waals surface area contributed by atoms with E-state index < -0.39 is 0 Å². The zero-order valence-corrected chi connectivity index (χ0v) is 11.6.